The lowest BCUT2D eigenvalue weighted by molar-refractivity contribution is 0.714. The lowest BCUT2D eigenvalue weighted by Gasteiger charge is -2.11. The summed E-state index contributed by atoms with van der Waals surface area (Å²) in [6.07, 6.45) is 5.34. The Hall–Kier alpha value is -3.22. The Balaban J connectivity index is 1.50. The van der Waals surface area contributed by atoms with E-state index in [1.165, 1.54) is 5.56 Å². The molecule has 31 heavy (non-hydrogen) atoms. The van der Waals surface area contributed by atoms with E-state index in [1.807, 2.05) is 54.6 Å². The van der Waals surface area contributed by atoms with Gasteiger partial charge in [0, 0.05) is 40.3 Å². The molecular weight excluding hydrogens is 426 g/mol. The van der Waals surface area contributed by atoms with Crippen LogP contribution in [0.5, 0.6) is 0 Å². The van der Waals surface area contributed by atoms with E-state index in [1.54, 1.807) is 30.4 Å². The molecule has 2 aromatic carbocycles. The molecule has 152 valence electrons. The van der Waals surface area contributed by atoms with Crippen LogP contribution >= 0.6 is 23.4 Å². The molecule has 0 amide bonds. The summed E-state index contributed by atoms with van der Waals surface area (Å²) in [5.41, 5.74) is 4.22. The summed E-state index contributed by atoms with van der Waals surface area (Å²) in [7, 11) is 0. The van der Waals surface area contributed by atoms with Gasteiger partial charge in [-0.15, -0.1) is 10.2 Å². The van der Waals surface area contributed by atoms with Crippen molar-refractivity contribution in [2.24, 2.45) is 0 Å². The maximum absolute atomic E-state index is 6.35. The van der Waals surface area contributed by atoms with Crippen molar-refractivity contribution in [1.82, 2.24) is 24.7 Å². The molecule has 0 bridgehead atoms. The zero-order chi connectivity index (χ0) is 21.0. The van der Waals surface area contributed by atoms with Gasteiger partial charge in [0.15, 0.2) is 11.0 Å². The monoisotopic (exact) mass is 443 g/mol. The number of rotatable bonds is 6. The highest BCUT2D eigenvalue weighted by molar-refractivity contribution is 7.98. The quantitative estimate of drug-likeness (QED) is 0.306. The molecule has 0 N–H and O–H groups in total. The summed E-state index contributed by atoms with van der Waals surface area (Å²) < 4.78 is 2.15. The van der Waals surface area contributed by atoms with Crippen LogP contribution in [0.3, 0.4) is 0 Å². The first-order valence-corrected chi connectivity index (χ1v) is 11.2. The molecule has 0 fully saturated rings. The number of hydrogen-bond donors (Lipinski definition) is 0. The summed E-state index contributed by atoms with van der Waals surface area (Å²) in [4.78, 5) is 8.67. The van der Waals surface area contributed by atoms with E-state index in [-0.39, 0.29) is 0 Å². The summed E-state index contributed by atoms with van der Waals surface area (Å²) in [5.74, 6) is 1.54. The van der Waals surface area contributed by atoms with Crippen LogP contribution in [0, 0.1) is 0 Å². The molecule has 0 aliphatic carbocycles. The van der Waals surface area contributed by atoms with E-state index in [4.69, 9.17) is 11.6 Å². The molecule has 0 unspecified atom stereocenters. The summed E-state index contributed by atoms with van der Waals surface area (Å²) >= 11 is 8.00. The highest BCUT2D eigenvalue weighted by Gasteiger charge is 2.16. The molecule has 3 aromatic heterocycles. The van der Waals surface area contributed by atoms with Crippen molar-refractivity contribution < 1.29 is 0 Å². The van der Waals surface area contributed by atoms with Crippen LogP contribution in [0.25, 0.3) is 22.3 Å². The number of halogens is 1. The highest BCUT2D eigenvalue weighted by Crippen LogP contribution is 2.31. The lowest BCUT2D eigenvalue weighted by Crippen LogP contribution is -2.04. The molecule has 5 aromatic rings. The minimum atomic E-state index is 0.688. The van der Waals surface area contributed by atoms with E-state index in [0.29, 0.717) is 17.3 Å². The van der Waals surface area contributed by atoms with Crippen molar-refractivity contribution >= 4 is 34.3 Å². The molecule has 5 nitrogen and oxygen atoms in total. The predicted octanol–water partition coefficient (Wildman–Crippen LogP) is 5.88. The van der Waals surface area contributed by atoms with Gasteiger partial charge in [0.25, 0.3) is 0 Å². The van der Waals surface area contributed by atoms with Crippen LogP contribution in [0.1, 0.15) is 11.1 Å². The van der Waals surface area contributed by atoms with Crippen molar-refractivity contribution in [1.29, 1.82) is 0 Å². The van der Waals surface area contributed by atoms with Crippen molar-refractivity contribution in [3.63, 3.8) is 0 Å². The second-order valence-electron chi connectivity index (χ2n) is 7.01. The van der Waals surface area contributed by atoms with Gasteiger partial charge in [0.05, 0.1) is 12.1 Å². The van der Waals surface area contributed by atoms with E-state index >= 15 is 0 Å². The number of nitrogens with zero attached hydrogens (tertiary/aromatic N) is 5. The Labute approximate surface area is 189 Å². The Morgan fingerprint density at radius 2 is 1.68 bits per heavy atom. The van der Waals surface area contributed by atoms with Crippen LogP contribution in [0.4, 0.5) is 0 Å². The van der Waals surface area contributed by atoms with E-state index in [2.05, 4.69) is 36.9 Å². The number of benzene rings is 2. The Morgan fingerprint density at radius 1 is 0.839 bits per heavy atom. The highest BCUT2D eigenvalue weighted by atomic mass is 35.5. The first-order chi connectivity index (χ1) is 15.3. The lowest BCUT2D eigenvalue weighted by atomic mass is 10.1. The van der Waals surface area contributed by atoms with Gasteiger partial charge >= 0.3 is 0 Å². The van der Waals surface area contributed by atoms with Crippen molar-refractivity contribution in [3.05, 3.63) is 101 Å². The van der Waals surface area contributed by atoms with E-state index < -0.39 is 0 Å². The first kappa shape index (κ1) is 19.7. The van der Waals surface area contributed by atoms with Crippen LogP contribution in [-0.2, 0) is 12.3 Å². The fourth-order valence-corrected chi connectivity index (χ4v) is 4.61. The first-order valence-electron chi connectivity index (χ1n) is 9.82. The van der Waals surface area contributed by atoms with Crippen molar-refractivity contribution in [2.45, 2.75) is 17.5 Å². The number of pyridine rings is 2. The number of fused-ring (bicyclic) bond motifs is 1. The minimum absolute atomic E-state index is 0.688. The molecule has 0 aliphatic heterocycles. The van der Waals surface area contributed by atoms with Gasteiger partial charge in [-0.25, -0.2) is 0 Å². The van der Waals surface area contributed by atoms with Gasteiger partial charge in [-0.1, -0.05) is 59.8 Å². The summed E-state index contributed by atoms with van der Waals surface area (Å²) in [6.45, 7) is 0.688. The third-order valence-electron chi connectivity index (χ3n) is 5.00. The van der Waals surface area contributed by atoms with Gasteiger partial charge in [-0.3, -0.25) is 14.5 Å². The SMILES string of the molecule is Clc1ccc(CSc2nnc(-c3ccncc3)n2Cc2ccccc2)c2ncccc12. The van der Waals surface area contributed by atoms with Gasteiger partial charge in [0.2, 0.25) is 0 Å². The van der Waals surface area contributed by atoms with Crippen LogP contribution in [0.2, 0.25) is 5.02 Å². The molecule has 3 heterocycles. The fraction of sp³-hybridized carbons (Fsp3) is 0.0833. The van der Waals surface area contributed by atoms with Gasteiger partial charge < -0.3 is 0 Å². The molecule has 5 rings (SSSR count). The summed E-state index contributed by atoms with van der Waals surface area (Å²) in [6, 6.07) is 22.1. The van der Waals surface area contributed by atoms with Crippen LogP contribution in [-0.4, -0.2) is 24.7 Å². The summed E-state index contributed by atoms with van der Waals surface area (Å²) in [5, 5.41) is 11.5. The topological polar surface area (TPSA) is 56.5 Å². The smallest absolute Gasteiger partial charge is 0.192 e. The van der Waals surface area contributed by atoms with Gasteiger partial charge in [-0.05, 0) is 41.5 Å². The van der Waals surface area contributed by atoms with Crippen molar-refractivity contribution in [3.8, 4) is 11.4 Å². The predicted molar refractivity (Wildman–Crippen MR) is 125 cm³/mol. The Bertz CT molecular complexity index is 1320. The average molecular weight is 444 g/mol. The minimum Gasteiger partial charge on any atom is -0.298 e. The van der Waals surface area contributed by atoms with Crippen LogP contribution in [0.15, 0.2) is 90.5 Å². The van der Waals surface area contributed by atoms with Crippen molar-refractivity contribution in [2.75, 3.05) is 0 Å². The zero-order valence-corrected chi connectivity index (χ0v) is 18.1. The molecule has 0 atom stereocenters. The van der Waals surface area contributed by atoms with E-state index in [0.717, 1.165) is 33.0 Å². The Morgan fingerprint density at radius 3 is 2.52 bits per heavy atom. The molecule has 0 radical (unpaired) electrons. The largest absolute Gasteiger partial charge is 0.298 e. The molecule has 0 saturated carbocycles. The third-order valence-corrected chi connectivity index (χ3v) is 6.34. The second kappa shape index (κ2) is 8.88. The third kappa shape index (κ3) is 4.17. The molecule has 0 aliphatic rings. The van der Waals surface area contributed by atoms with Gasteiger partial charge in [-0.2, -0.15) is 0 Å². The normalized spacial score (nSPS) is 11.1. The maximum atomic E-state index is 6.35. The number of hydrogen-bond acceptors (Lipinski definition) is 5. The average Bonchev–Trinajstić information content (AvgIpc) is 3.22. The molecule has 0 saturated heterocycles. The second-order valence-corrected chi connectivity index (χ2v) is 8.36. The standard InChI is InChI=1S/C24H18ClN5S/c25-21-9-8-19(22-20(21)7-4-12-27-22)16-31-24-29-28-23(18-10-13-26-14-11-18)30(24)15-17-5-2-1-3-6-17/h1-14H,15-16H2. The van der Waals surface area contributed by atoms with Gasteiger partial charge in [0.1, 0.15) is 0 Å². The zero-order valence-electron chi connectivity index (χ0n) is 16.5. The Kier molecular flexibility index (Phi) is 5.65. The molecule has 0 spiro atoms. The maximum Gasteiger partial charge on any atom is 0.192 e. The molecular formula is C24H18ClN5S. The van der Waals surface area contributed by atoms with Crippen LogP contribution < -0.4 is 0 Å². The van der Waals surface area contributed by atoms with E-state index in [9.17, 15) is 0 Å². The molecule has 7 heteroatoms. The number of aromatic nitrogens is 5. The fourth-order valence-electron chi connectivity index (χ4n) is 3.47. The number of thioether (sulfide) groups is 1.